The van der Waals surface area contributed by atoms with E-state index in [0.29, 0.717) is 18.7 Å². The number of nitrogens with zero attached hydrogens (tertiary/aromatic N) is 1. The van der Waals surface area contributed by atoms with Gasteiger partial charge in [-0.2, -0.15) is 11.8 Å². The summed E-state index contributed by atoms with van der Waals surface area (Å²) in [5.74, 6) is -0.658. The Labute approximate surface area is 204 Å². The van der Waals surface area contributed by atoms with Gasteiger partial charge in [0.25, 0.3) is 0 Å². The first-order valence-corrected chi connectivity index (χ1v) is 12.9. The average molecular weight is 485 g/mol. The number of benzene rings is 2. The highest BCUT2D eigenvalue weighted by molar-refractivity contribution is 7.98. The van der Waals surface area contributed by atoms with E-state index in [0.717, 1.165) is 22.3 Å². The number of aliphatic carboxylic acids is 1. The number of carbonyl (C=O) groups excluding carboxylic acids is 2. The SMILES string of the molecule is CCN(C(=O)[C@H](CCSC)NC(=O)OCC1c2ccccc2-c2ccccc21)C(C)CC(=O)O. The van der Waals surface area contributed by atoms with Crippen molar-refractivity contribution < 1.29 is 24.2 Å². The van der Waals surface area contributed by atoms with Crippen molar-refractivity contribution in [1.82, 2.24) is 10.2 Å². The Hall–Kier alpha value is -3.00. The number of hydrogen-bond donors (Lipinski definition) is 2. The molecule has 0 fully saturated rings. The van der Waals surface area contributed by atoms with Gasteiger partial charge in [-0.1, -0.05) is 48.5 Å². The molecule has 2 atom stereocenters. The van der Waals surface area contributed by atoms with E-state index in [1.165, 1.54) is 4.90 Å². The molecule has 0 saturated carbocycles. The number of carboxylic acids is 1. The fraction of sp³-hybridized carbons (Fsp3) is 0.423. The molecule has 0 bridgehead atoms. The first-order valence-electron chi connectivity index (χ1n) is 11.5. The quantitative estimate of drug-likeness (QED) is 0.492. The molecule has 0 heterocycles. The number of nitrogens with one attached hydrogen (secondary N) is 1. The molecule has 2 amide bonds. The van der Waals surface area contributed by atoms with Gasteiger partial charge in [0.05, 0.1) is 6.42 Å². The highest BCUT2D eigenvalue weighted by atomic mass is 32.2. The molecule has 0 saturated heterocycles. The summed E-state index contributed by atoms with van der Waals surface area (Å²) >= 11 is 1.57. The third-order valence-corrected chi connectivity index (χ3v) is 6.81. The summed E-state index contributed by atoms with van der Waals surface area (Å²) < 4.78 is 5.62. The van der Waals surface area contributed by atoms with Gasteiger partial charge in [0, 0.05) is 18.5 Å². The standard InChI is InChI=1S/C26H32N2O5S/c1-4-28(17(2)15-24(29)30)25(31)23(13-14-34-3)27-26(32)33-16-22-20-11-7-5-9-18(20)19-10-6-8-12-21(19)22/h5-12,17,22-23H,4,13-16H2,1-3H3,(H,27,32)(H,29,30)/t17?,23-/m0/s1. The minimum absolute atomic E-state index is 0.0683. The molecule has 2 aromatic rings. The van der Waals surface area contributed by atoms with Crippen LogP contribution in [0.15, 0.2) is 48.5 Å². The second kappa shape index (κ2) is 11.9. The zero-order chi connectivity index (χ0) is 24.7. The van der Waals surface area contributed by atoms with Crippen LogP contribution in [0, 0.1) is 0 Å². The summed E-state index contributed by atoms with van der Waals surface area (Å²) in [4.78, 5) is 38.6. The smallest absolute Gasteiger partial charge is 0.407 e. The number of hydrogen-bond acceptors (Lipinski definition) is 5. The number of carboxylic acid groups (broad SMARTS) is 1. The molecule has 1 aliphatic carbocycles. The Kier molecular flexibility index (Phi) is 8.98. The van der Waals surface area contributed by atoms with Gasteiger partial charge in [-0.3, -0.25) is 9.59 Å². The van der Waals surface area contributed by atoms with Crippen molar-refractivity contribution in [2.45, 2.75) is 44.7 Å². The van der Waals surface area contributed by atoms with Gasteiger partial charge in [-0.15, -0.1) is 0 Å². The predicted molar refractivity (Wildman–Crippen MR) is 134 cm³/mol. The van der Waals surface area contributed by atoms with Crippen LogP contribution in [0.1, 0.15) is 43.7 Å². The van der Waals surface area contributed by atoms with Gasteiger partial charge in [-0.05, 0) is 54.5 Å². The zero-order valence-corrected chi connectivity index (χ0v) is 20.6. The molecule has 2 aromatic carbocycles. The molecule has 0 spiro atoms. The van der Waals surface area contributed by atoms with Crippen LogP contribution in [-0.4, -0.2) is 65.2 Å². The van der Waals surface area contributed by atoms with Crippen molar-refractivity contribution in [3.63, 3.8) is 0 Å². The number of fused-ring (bicyclic) bond motifs is 3. The second-order valence-corrected chi connectivity index (χ2v) is 9.36. The molecule has 0 aromatic heterocycles. The lowest BCUT2D eigenvalue weighted by molar-refractivity contribution is -0.141. The van der Waals surface area contributed by atoms with Crippen LogP contribution < -0.4 is 5.32 Å². The van der Waals surface area contributed by atoms with Crippen molar-refractivity contribution in [3.8, 4) is 11.1 Å². The maximum Gasteiger partial charge on any atom is 0.407 e. The number of alkyl carbamates (subject to hydrolysis) is 1. The Morgan fingerprint density at radius 2 is 1.68 bits per heavy atom. The summed E-state index contributed by atoms with van der Waals surface area (Å²) in [5, 5.41) is 11.9. The van der Waals surface area contributed by atoms with Crippen LogP contribution in [0.2, 0.25) is 0 Å². The normalized spacial score (nSPS) is 14.0. The van der Waals surface area contributed by atoms with Crippen LogP contribution in [0.4, 0.5) is 4.79 Å². The summed E-state index contributed by atoms with van der Waals surface area (Å²) in [5.41, 5.74) is 4.52. The molecule has 8 heteroatoms. The van der Waals surface area contributed by atoms with E-state index in [-0.39, 0.29) is 24.9 Å². The number of rotatable bonds is 11. The Balaban J connectivity index is 1.68. The van der Waals surface area contributed by atoms with Crippen LogP contribution in [-0.2, 0) is 14.3 Å². The minimum atomic E-state index is -0.969. The molecule has 1 aliphatic rings. The maximum atomic E-state index is 13.2. The van der Waals surface area contributed by atoms with Crippen molar-refractivity contribution in [2.75, 3.05) is 25.2 Å². The summed E-state index contributed by atoms with van der Waals surface area (Å²) in [6, 6.07) is 14.9. The highest BCUT2D eigenvalue weighted by Crippen LogP contribution is 2.44. The lowest BCUT2D eigenvalue weighted by Gasteiger charge is -2.31. The van der Waals surface area contributed by atoms with Gasteiger partial charge < -0.3 is 20.1 Å². The molecule has 0 radical (unpaired) electrons. The third-order valence-electron chi connectivity index (χ3n) is 6.17. The van der Waals surface area contributed by atoms with Crippen LogP contribution in [0.3, 0.4) is 0 Å². The fourth-order valence-electron chi connectivity index (χ4n) is 4.52. The molecule has 7 nitrogen and oxygen atoms in total. The van der Waals surface area contributed by atoms with Crippen molar-refractivity contribution in [3.05, 3.63) is 59.7 Å². The molecule has 3 rings (SSSR count). The number of thioether (sulfide) groups is 1. The number of likely N-dealkylation sites (N-methyl/N-ethyl adjacent to an activating group) is 1. The second-order valence-electron chi connectivity index (χ2n) is 8.38. The molecular weight excluding hydrogens is 452 g/mol. The van der Waals surface area contributed by atoms with Gasteiger partial charge in [0.1, 0.15) is 12.6 Å². The number of carbonyl (C=O) groups is 3. The topological polar surface area (TPSA) is 95.9 Å². The van der Waals surface area contributed by atoms with E-state index in [1.807, 2.05) is 30.5 Å². The molecule has 182 valence electrons. The summed E-state index contributed by atoms with van der Waals surface area (Å²) in [7, 11) is 0. The van der Waals surface area contributed by atoms with Crippen molar-refractivity contribution in [2.24, 2.45) is 0 Å². The van der Waals surface area contributed by atoms with Gasteiger partial charge in [0.2, 0.25) is 5.91 Å². The third kappa shape index (κ3) is 5.91. The maximum absolute atomic E-state index is 13.2. The van der Waals surface area contributed by atoms with Crippen LogP contribution >= 0.6 is 11.8 Å². The Bertz CT molecular complexity index is 982. The first kappa shape index (κ1) is 25.6. The monoisotopic (exact) mass is 484 g/mol. The Morgan fingerprint density at radius 3 is 2.21 bits per heavy atom. The van der Waals surface area contributed by atoms with Gasteiger partial charge >= 0.3 is 12.1 Å². The first-order chi connectivity index (χ1) is 16.4. The minimum Gasteiger partial charge on any atom is -0.481 e. The predicted octanol–water partition coefficient (Wildman–Crippen LogP) is 4.36. The molecule has 34 heavy (non-hydrogen) atoms. The van der Waals surface area contributed by atoms with E-state index in [9.17, 15) is 14.4 Å². The van der Waals surface area contributed by atoms with Crippen LogP contribution in [0.25, 0.3) is 11.1 Å². The van der Waals surface area contributed by atoms with E-state index in [4.69, 9.17) is 9.84 Å². The van der Waals surface area contributed by atoms with E-state index in [1.54, 1.807) is 25.6 Å². The van der Waals surface area contributed by atoms with E-state index in [2.05, 4.69) is 29.6 Å². The average Bonchev–Trinajstić information content (AvgIpc) is 3.14. The molecule has 1 unspecified atom stereocenters. The molecule has 2 N–H and O–H groups in total. The van der Waals surface area contributed by atoms with Gasteiger partial charge in [-0.25, -0.2) is 4.79 Å². The summed E-state index contributed by atoms with van der Waals surface area (Å²) in [6.07, 6.45) is 1.56. The van der Waals surface area contributed by atoms with Crippen molar-refractivity contribution >= 4 is 29.7 Å². The summed E-state index contributed by atoms with van der Waals surface area (Å²) in [6.45, 7) is 4.02. The molecular formula is C26H32N2O5S. The van der Waals surface area contributed by atoms with E-state index >= 15 is 0 Å². The largest absolute Gasteiger partial charge is 0.481 e. The lowest BCUT2D eigenvalue weighted by Crippen LogP contribution is -2.52. The fourth-order valence-corrected chi connectivity index (χ4v) is 4.99. The number of ether oxygens (including phenoxy) is 1. The Morgan fingerprint density at radius 1 is 1.09 bits per heavy atom. The van der Waals surface area contributed by atoms with Crippen molar-refractivity contribution in [1.29, 1.82) is 0 Å². The number of amides is 2. The van der Waals surface area contributed by atoms with Crippen LogP contribution in [0.5, 0.6) is 0 Å². The molecule has 0 aliphatic heterocycles. The van der Waals surface area contributed by atoms with E-state index < -0.39 is 24.1 Å². The lowest BCUT2D eigenvalue weighted by atomic mass is 9.98. The van der Waals surface area contributed by atoms with Gasteiger partial charge in [0.15, 0.2) is 0 Å². The zero-order valence-electron chi connectivity index (χ0n) is 19.8. The highest BCUT2D eigenvalue weighted by Gasteiger charge is 2.31.